The average Bonchev–Trinajstić information content (AvgIpc) is 3.58. The van der Waals surface area contributed by atoms with Gasteiger partial charge in [0.15, 0.2) is 16.6 Å². The van der Waals surface area contributed by atoms with Crippen LogP contribution in [0.5, 0.6) is 17.2 Å². The van der Waals surface area contributed by atoms with Crippen molar-refractivity contribution in [3.63, 3.8) is 0 Å². The summed E-state index contributed by atoms with van der Waals surface area (Å²) in [4.78, 5) is 33.8. The highest BCUT2D eigenvalue weighted by Gasteiger charge is 2.48. The van der Waals surface area contributed by atoms with Crippen LogP contribution in [-0.2, 0) is 16.2 Å². The van der Waals surface area contributed by atoms with Gasteiger partial charge in [-0.05, 0) is 72.5 Å². The van der Waals surface area contributed by atoms with E-state index in [1.807, 2.05) is 74.5 Å². The molecular formula is C35H28N2O6S. The molecule has 7 rings (SSSR count). The van der Waals surface area contributed by atoms with E-state index in [4.69, 9.17) is 19.2 Å². The quantitative estimate of drug-likeness (QED) is 0.128. The van der Waals surface area contributed by atoms with Gasteiger partial charge in [0, 0.05) is 5.56 Å². The van der Waals surface area contributed by atoms with Crippen molar-refractivity contribution in [2.24, 2.45) is 0 Å². The number of aromatic nitrogens is 1. The maximum absolute atomic E-state index is 13.8. The highest BCUT2D eigenvalue weighted by Crippen LogP contribution is 2.46. The van der Waals surface area contributed by atoms with Gasteiger partial charge in [0.05, 0.1) is 21.8 Å². The van der Waals surface area contributed by atoms with Gasteiger partial charge in [-0.25, -0.2) is 4.98 Å². The van der Waals surface area contributed by atoms with E-state index < -0.39 is 17.7 Å². The van der Waals surface area contributed by atoms with Gasteiger partial charge in [-0.2, -0.15) is 0 Å². The van der Waals surface area contributed by atoms with E-state index in [-0.39, 0.29) is 11.3 Å². The molecular weight excluding hydrogens is 576 g/mol. The second-order valence-electron chi connectivity index (χ2n) is 10.8. The zero-order chi connectivity index (χ0) is 30.4. The first-order valence-corrected chi connectivity index (χ1v) is 15.0. The molecule has 0 bridgehead atoms. The van der Waals surface area contributed by atoms with Gasteiger partial charge in [0.2, 0.25) is 0 Å². The van der Waals surface area contributed by atoms with Gasteiger partial charge in [0.1, 0.15) is 31.3 Å². The number of fused-ring (bicyclic) bond motifs is 2. The third-order valence-corrected chi connectivity index (χ3v) is 8.71. The van der Waals surface area contributed by atoms with E-state index in [9.17, 15) is 14.7 Å². The van der Waals surface area contributed by atoms with Crippen LogP contribution in [0, 0.1) is 13.8 Å². The number of amides is 1. The second-order valence-corrected chi connectivity index (χ2v) is 11.8. The first kappa shape index (κ1) is 27.7. The standard InChI is InChI=1S/C35H28N2O6S/c1-20-15-21(2)30-28(16-20)44-35(36-30)37-31(23-9-6-10-25(17-23)43-19-22-7-4-3-5-8-22)29(33(39)34(37)40)32(38)24-11-12-26-27(18-24)42-14-13-41-26/h3-12,15-18,31,38H,13-14,19H2,1-2H3/b32-29-. The molecule has 1 saturated heterocycles. The van der Waals surface area contributed by atoms with Crippen LogP contribution in [0.1, 0.15) is 33.9 Å². The summed E-state index contributed by atoms with van der Waals surface area (Å²) in [6.07, 6.45) is 0. The van der Waals surface area contributed by atoms with E-state index in [0.717, 1.165) is 26.9 Å². The van der Waals surface area contributed by atoms with Gasteiger partial charge in [-0.1, -0.05) is 59.9 Å². The molecule has 0 aliphatic carbocycles. The summed E-state index contributed by atoms with van der Waals surface area (Å²) in [5.41, 5.74) is 4.71. The van der Waals surface area contributed by atoms with Crippen LogP contribution in [0.15, 0.2) is 90.5 Å². The number of carbonyl (C=O) groups excluding carboxylic acids is 2. The Morgan fingerprint density at radius 2 is 1.75 bits per heavy atom. The van der Waals surface area contributed by atoms with Crippen LogP contribution in [0.4, 0.5) is 5.13 Å². The summed E-state index contributed by atoms with van der Waals surface area (Å²) in [5, 5.41) is 12.1. The first-order valence-electron chi connectivity index (χ1n) is 14.2. The molecule has 220 valence electrons. The molecule has 1 fully saturated rings. The normalized spacial score (nSPS) is 17.3. The maximum atomic E-state index is 13.8. The van der Waals surface area contributed by atoms with Gasteiger partial charge >= 0.3 is 5.91 Å². The molecule has 2 aliphatic rings. The summed E-state index contributed by atoms with van der Waals surface area (Å²) < 4.78 is 18.3. The van der Waals surface area contributed by atoms with Crippen LogP contribution in [0.2, 0.25) is 0 Å². The van der Waals surface area contributed by atoms with Crippen LogP contribution >= 0.6 is 11.3 Å². The summed E-state index contributed by atoms with van der Waals surface area (Å²) in [7, 11) is 0. The third kappa shape index (κ3) is 4.95. The molecule has 0 saturated carbocycles. The lowest BCUT2D eigenvalue weighted by atomic mass is 9.95. The van der Waals surface area contributed by atoms with Crippen molar-refractivity contribution in [3.05, 3.63) is 118 Å². The fourth-order valence-corrected chi connectivity index (χ4v) is 6.84. The van der Waals surface area contributed by atoms with Crippen LogP contribution in [0.25, 0.3) is 16.0 Å². The van der Waals surface area contributed by atoms with Crippen molar-refractivity contribution in [2.45, 2.75) is 26.5 Å². The van der Waals surface area contributed by atoms with Crippen molar-refractivity contribution in [1.82, 2.24) is 4.98 Å². The number of anilines is 1. The Hall–Kier alpha value is -5.15. The van der Waals surface area contributed by atoms with Crippen molar-refractivity contribution in [2.75, 3.05) is 18.1 Å². The number of rotatable bonds is 6. The molecule has 3 heterocycles. The van der Waals surface area contributed by atoms with Crippen molar-refractivity contribution >= 4 is 44.1 Å². The summed E-state index contributed by atoms with van der Waals surface area (Å²) in [5.74, 6) is -0.306. The van der Waals surface area contributed by atoms with Crippen LogP contribution in [0.3, 0.4) is 0 Å². The maximum Gasteiger partial charge on any atom is 0.301 e. The lowest BCUT2D eigenvalue weighted by Crippen LogP contribution is -2.29. The number of thiazole rings is 1. The zero-order valence-corrected chi connectivity index (χ0v) is 24.9. The number of nitrogens with zero attached hydrogens (tertiary/aromatic N) is 2. The Balaban J connectivity index is 1.36. The van der Waals surface area contributed by atoms with Crippen LogP contribution in [-0.4, -0.2) is 35.0 Å². The molecule has 4 aromatic carbocycles. The smallest absolute Gasteiger partial charge is 0.301 e. The number of benzene rings is 4. The summed E-state index contributed by atoms with van der Waals surface area (Å²) >= 11 is 1.34. The van der Waals surface area contributed by atoms with E-state index in [2.05, 4.69) is 0 Å². The minimum absolute atomic E-state index is 0.0426. The predicted molar refractivity (Wildman–Crippen MR) is 169 cm³/mol. The Labute approximate surface area is 257 Å². The van der Waals surface area contributed by atoms with Crippen molar-refractivity contribution < 1.29 is 28.9 Å². The fourth-order valence-electron chi connectivity index (χ4n) is 5.67. The number of ether oxygens (including phenoxy) is 3. The van der Waals surface area contributed by atoms with E-state index in [0.29, 0.717) is 53.3 Å². The van der Waals surface area contributed by atoms with Gasteiger partial charge in [0.25, 0.3) is 5.78 Å². The Morgan fingerprint density at radius 3 is 2.57 bits per heavy atom. The molecule has 9 heteroatoms. The average molecular weight is 605 g/mol. The number of aryl methyl sites for hydroxylation is 2. The molecule has 0 spiro atoms. The molecule has 8 nitrogen and oxygen atoms in total. The minimum atomic E-state index is -0.953. The Morgan fingerprint density at radius 1 is 0.955 bits per heavy atom. The largest absolute Gasteiger partial charge is 0.507 e. The van der Waals surface area contributed by atoms with Gasteiger partial charge in [-0.15, -0.1) is 0 Å². The summed E-state index contributed by atoms with van der Waals surface area (Å²) in [6, 6.07) is 25.1. The lowest BCUT2D eigenvalue weighted by molar-refractivity contribution is -0.132. The summed E-state index contributed by atoms with van der Waals surface area (Å²) in [6.45, 7) is 5.12. The molecule has 1 amide bonds. The lowest BCUT2D eigenvalue weighted by Gasteiger charge is -2.24. The molecule has 1 N–H and O–H groups in total. The van der Waals surface area contributed by atoms with E-state index >= 15 is 0 Å². The number of aliphatic hydroxyl groups excluding tert-OH is 1. The topological polar surface area (TPSA) is 98.2 Å². The van der Waals surface area contributed by atoms with Gasteiger partial charge in [-0.3, -0.25) is 14.5 Å². The molecule has 0 radical (unpaired) electrons. The fraction of sp³-hybridized carbons (Fsp3) is 0.171. The monoisotopic (exact) mass is 604 g/mol. The van der Waals surface area contributed by atoms with Crippen molar-refractivity contribution in [1.29, 1.82) is 0 Å². The molecule has 1 aromatic heterocycles. The number of ketones is 1. The van der Waals surface area contributed by atoms with E-state index in [1.165, 1.54) is 16.2 Å². The number of carbonyl (C=O) groups is 2. The molecule has 2 aliphatic heterocycles. The molecule has 44 heavy (non-hydrogen) atoms. The number of aliphatic hydroxyl groups is 1. The zero-order valence-electron chi connectivity index (χ0n) is 24.1. The first-order chi connectivity index (χ1) is 21.4. The Bertz CT molecular complexity index is 1970. The number of hydrogen-bond donors (Lipinski definition) is 1. The highest BCUT2D eigenvalue weighted by molar-refractivity contribution is 7.22. The second kappa shape index (κ2) is 11.2. The molecule has 1 atom stereocenters. The third-order valence-electron chi connectivity index (χ3n) is 7.71. The van der Waals surface area contributed by atoms with Crippen molar-refractivity contribution in [3.8, 4) is 17.2 Å². The minimum Gasteiger partial charge on any atom is -0.507 e. The predicted octanol–water partition coefficient (Wildman–Crippen LogP) is 6.89. The number of Topliss-reactive ketones (excluding diaryl/α,β-unsaturated/α-hetero) is 1. The van der Waals surface area contributed by atoms with Crippen LogP contribution < -0.4 is 19.1 Å². The highest BCUT2D eigenvalue weighted by atomic mass is 32.1. The van der Waals surface area contributed by atoms with E-state index in [1.54, 1.807) is 24.3 Å². The SMILES string of the molecule is Cc1cc(C)c2nc(N3C(=O)C(=O)/C(=C(\O)c4ccc5c(c4)OCCO5)C3c3cccc(OCc4ccccc4)c3)sc2c1. The Kier molecular flexibility index (Phi) is 7.02. The van der Waals surface area contributed by atoms with Gasteiger partial charge < -0.3 is 19.3 Å². The number of hydrogen-bond acceptors (Lipinski definition) is 8. The molecule has 5 aromatic rings. The molecule has 1 unspecified atom stereocenters.